The first-order chi connectivity index (χ1) is 20.3. The lowest BCUT2D eigenvalue weighted by Gasteiger charge is -2.54. The van der Waals surface area contributed by atoms with Crippen LogP contribution in [0.2, 0.25) is 0 Å². The maximum absolute atomic E-state index is 14.5. The summed E-state index contributed by atoms with van der Waals surface area (Å²) in [6.07, 6.45) is 6.18. The van der Waals surface area contributed by atoms with Gasteiger partial charge >= 0.3 is 0 Å². The van der Waals surface area contributed by atoms with Gasteiger partial charge < -0.3 is 19.3 Å². The average molecular weight is 577 g/mol. The predicted molar refractivity (Wildman–Crippen MR) is 157 cm³/mol. The molecule has 0 radical (unpaired) electrons. The molecule has 4 fully saturated rings. The Bertz CT molecular complexity index is 1250. The molecule has 1 aliphatic carbocycles. The van der Waals surface area contributed by atoms with Crippen LogP contribution in [-0.2, 0) is 20.7 Å². The van der Waals surface area contributed by atoms with Gasteiger partial charge in [-0.15, -0.1) is 0 Å². The van der Waals surface area contributed by atoms with E-state index in [1.54, 1.807) is 4.90 Å². The van der Waals surface area contributed by atoms with Crippen LogP contribution in [0.5, 0.6) is 5.75 Å². The van der Waals surface area contributed by atoms with Crippen LogP contribution < -0.4 is 15.4 Å². The fourth-order valence-corrected chi connectivity index (χ4v) is 7.80. The Morgan fingerprint density at radius 1 is 1.24 bits per heavy atom. The maximum atomic E-state index is 14.5. The first-order valence-corrected chi connectivity index (χ1v) is 15.5. The van der Waals surface area contributed by atoms with Gasteiger partial charge in [0.1, 0.15) is 5.75 Å². The zero-order valence-electron chi connectivity index (χ0n) is 24.9. The summed E-state index contributed by atoms with van der Waals surface area (Å²) in [5, 5.41) is 16.8. The number of hydrogen-bond donors (Lipinski definition) is 2. The Morgan fingerprint density at radius 3 is 2.86 bits per heavy atom. The molecule has 6 unspecified atom stereocenters. The van der Waals surface area contributed by atoms with Crippen LogP contribution in [0.4, 0.5) is 0 Å². The first kappa shape index (κ1) is 29.3. The monoisotopic (exact) mass is 576 g/mol. The van der Waals surface area contributed by atoms with Gasteiger partial charge in [-0.05, 0) is 82.3 Å². The minimum absolute atomic E-state index is 0.00373. The summed E-state index contributed by atoms with van der Waals surface area (Å²) in [4.78, 5) is 33.4. The molecule has 0 aromatic heterocycles. The van der Waals surface area contributed by atoms with E-state index in [0.29, 0.717) is 45.1 Å². The van der Waals surface area contributed by atoms with Crippen molar-refractivity contribution in [3.63, 3.8) is 0 Å². The molecule has 6 rings (SSSR count). The molecule has 10 heteroatoms. The van der Waals surface area contributed by atoms with Crippen molar-refractivity contribution in [3.05, 3.63) is 42.0 Å². The van der Waals surface area contributed by atoms with Gasteiger partial charge in [-0.3, -0.25) is 25.1 Å². The van der Waals surface area contributed by atoms with Crippen LogP contribution in [0, 0.1) is 24.2 Å². The number of piperazine rings is 1. The van der Waals surface area contributed by atoms with E-state index in [1.165, 1.54) is 6.08 Å². The highest BCUT2D eigenvalue weighted by Crippen LogP contribution is 2.44. The predicted octanol–water partition coefficient (Wildman–Crippen LogP) is 1.93. The molecule has 1 spiro atoms. The van der Waals surface area contributed by atoms with E-state index in [2.05, 4.69) is 58.3 Å². The van der Waals surface area contributed by atoms with E-state index in [1.807, 2.05) is 6.92 Å². The molecular formula is C32H44N6O4. The Morgan fingerprint density at radius 2 is 2.10 bits per heavy atom. The number of benzene rings is 1. The van der Waals surface area contributed by atoms with E-state index in [0.717, 1.165) is 49.1 Å². The van der Waals surface area contributed by atoms with Gasteiger partial charge in [-0.2, -0.15) is 5.26 Å². The number of aryl methyl sites for hydroxylation is 2. The van der Waals surface area contributed by atoms with Crippen LogP contribution >= 0.6 is 0 Å². The number of carbonyl (C=O) groups excluding carboxylic acids is 2. The highest BCUT2D eigenvalue weighted by atomic mass is 16.5. The summed E-state index contributed by atoms with van der Waals surface area (Å²) in [5.41, 5.74) is 1.44. The van der Waals surface area contributed by atoms with E-state index < -0.39 is 18.0 Å². The number of amides is 1. The smallest absolute Gasteiger partial charge is 0.246 e. The average Bonchev–Trinajstić information content (AvgIpc) is 3.41. The van der Waals surface area contributed by atoms with Gasteiger partial charge in [0.2, 0.25) is 5.91 Å². The van der Waals surface area contributed by atoms with E-state index in [9.17, 15) is 14.9 Å². The van der Waals surface area contributed by atoms with E-state index in [-0.39, 0.29) is 36.2 Å². The number of likely N-dealkylation sites (tertiary alicyclic amines) is 1. The molecule has 5 aliphatic rings. The molecule has 2 N–H and O–H groups in total. The molecule has 3 saturated heterocycles. The second kappa shape index (κ2) is 12.1. The lowest BCUT2D eigenvalue weighted by Crippen LogP contribution is -2.76. The molecule has 1 aromatic rings. The minimum atomic E-state index is -0.842. The van der Waals surface area contributed by atoms with Crippen molar-refractivity contribution in [2.24, 2.45) is 5.92 Å². The second-order valence-corrected chi connectivity index (χ2v) is 12.8. The van der Waals surface area contributed by atoms with Crippen LogP contribution in [0.3, 0.4) is 0 Å². The Kier molecular flexibility index (Phi) is 8.40. The molecule has 226 valence electrons. The summed E-state index contributed by atoms with van der Waals surface area (Å²) in [7, 11) is 2.13. The summed E-state index contributed by atoms with van der Waals surface area (Å²) < 4.78 is 13.1. The van der Waals surface area contributed by atoms with Crippen molar-refractivity contribution in [3.8, 4) is 11.8 Å². The second-order valence-electron chi connectivity index (χ2n) is 12.8. The number of ketones is 1. The zero-order valence-corrected chi connectivity index (χ0v) is 24.9. The van der Waals surface area contributed by atoms with Gasteiger partial charge in [0.05, 0.1) is 37.3 Å². The Labute approximate surface area is 249 Å². The highest BCUT2D eigenvalue weighted by Gasteiger charge is 2.56. The number of nitrogens with one attached hydrogen (secondary N) is 2. The lowest BCUT2D eigenvalue weighted by atomic mass is 9.69. The number of hydrogen-bond acceptors (Lipinski definition) is 9. The van der Waals surface area contributed by atoms with Crippen molar-refractivity contribution in [1.29, 1.82) is 5.26 Å². The van der Waals surface area contributed by atoms with E-state index in [4.69, 9.17) is 9.47 Å². The maximum Gasteiger partial charge on any atom is 0.246 e. The molecule has 4 aliphatic heterocycles. The van der Waals surface area contributed by atoms with E-state index >= 15 is 0 Å². The number of ether oxygens (including phenoxy) is 2. The van der Waals surface area contributed by atoms with Crippen LogP contribution in [0.15, 0.2) is 30.9 Å². The number of Topliss-reactive ketones (excluding diaryl/α,β-unsaturated/α-hetero) is 1. The third-order valence-corrected chi connectivity index (χ3v) is 10.2. The minimum Gasteiger partial charge on any atom is -0.479 e. The van der Waals surface area contributed by atoms with Gasteiger partial charge in [0, 0.05) is 31.6 Å². The van der Waals surface area contributed by atoms with Crippen molar-refractivity contribution in [2.75, 3.05) is 39.8 Å². The van der Waals surface area contributed by atoms with Crippen LogP contribution in [-0.4, -0.2) is 102 Å². The first-order valence-electron chi connectivity index (χ1n) is 15.5. The van der Waals surface area contributed by atoms with Crippen LogP contribution in [0.1, 0.15) is 49.7 Å². The van der Waals surface area contributed by atoms with Crippen molar-refractivity contribution in [2.45, 2.75) is 88.1 Å². The summed E-state index contributed by atoms with van der Waals surface area (Å²) in [6, 6.07) is 8.23. The van der Waals surface area contributed by atoms with Gasteiger partial charge in [0.25, 0.3) is 0 Å². The molecule has 1 saturated carbocycles. The summed E-state index contributed by atoms with van der Waals surface area (Å²) >= 11 is 0. The fourth-order valence-electron chi connectivity index (χ4n) is 7.80. The molecule has 1 amide bonds. The number of likely N-dealkylation sites (N-methyl/N-ethyl adjacent to an activating group) is 1. The number of nitriles is 1. The topological polar surface area (TPSA) is 110 Å². The van der Waals surface area contributed by atoms with Crippen molar-refractivity contribution >= 4 is 11.7 Å². The number of nitrogens with zero attached hydrogens (tertiary/aromatic N) is 4. The van der Waals surface area contributed by atoms with Crippen molar-refractivity contribution < 1.29 is 19.1 Å². The molecule has 42 heavy (non-hydrogen) atoms. The van der Waals surface area contributed by atoms with Gasteiger partial charge in [-0.25, -0.2) is 0 Å². The van der Waals surface area contributed by atoms with Gasteiger partial charge in [-0.1, -0.05) is 18.7 Å². The molecule has 10 nitrogen and oxygen atoms in total. The molecule has 0 bridgehead atoms. The highest BCUT2D eigenvalue weighted by molar-refractivity contribution is 5.94. The Hall–Kier alpha value is -2.81. The SMILES string of the molecule is C=CC(=O)N1CCN(C2NC(OCC3CCCN3C)NC3C(=O)[C@@]4(CCc5ccc(C)cc5O4)CCC32)CC1CC#N. The Balaban J connectivity index is 1.24. The molecule has 4 heterocycles. The fraction of sp³-hybridized carbons (Fsp3) is 0.656. The summed E-state index contributed by atoms with van der Waals surface area (Å²) in [5.74, 6) is 0.799. The molecular weight excluding hydrogens is 532 g/mol. The third-order valence-electron chi connectivity index (χ3n) is 10.2. The van der Waals surface area contributed by atoms with Crippen molar-refractivity contribution in [1.82, 2.24) is 25.3 Å². The molecule has 7 atom stereocenters. The van der Waals surface area contributed by atoms with Gasteiger partial charge in [0.15, 0.2) is 17.7 Å². The summed E-state index contributed by atoms with van der Waals surface area (Å²) in [6.45, 7) is 9.05. The number of rotatable bonds is 6. The largest absolute Gasteiger partial charge is 0.479 e. The van der Waals surface area contributed by atoms with Crippen LogP contribution in [0.25, 0.3) is 0 Å². The molecule has 1 aromatic carbocycles. The standard InChI is InChI=1S/C32H44N6O4/c1-4-27(39)38-17-16-37(19-23(38)11-14-33)30-25-10-13-32(12-9-22-8-7-21(2)18-26(22)42-32)29(40)28(25)34-31(35-30)41-20-24-6-5-15-36(24)3/h4,7-8,18,23-25,28,30-31,34-35H,1,5-6,9-13,15-17,19-20H2,2-3H3/t23?,24?,25?,28?,30?,31?,32-/m1/s1. The number of carbonyl (C=O) groups is 2. The lowest BCUT2D eigenvalue weighted by molar-refractivity contribution is -0.160. The zero-order chi connectivity index (χ0) is 29.4. The number of fused-ring (bicyclic) bond motifs is 2. The normalized spacial score (nSPS) is 35.3. The third kappa shape index (κ3) is 5.49. The quantitative estimate of drug-likeness (QED) is 0.491.